The van der Waals surface area contributed by atoms with Crippen molar-refractivity contribution in [2.75, 3.05) is 11.4 Å². The first-order chi connectivity index (χ1) is 10.7. The molecule has 1 amide bonds. The minimum atomic E-state index is -0.383. The van der Waals surface area contributed by atoms with Gasteiger partial charge in [0.05, 0.1) is 0 Å². The average molecular weight is 307 g/mol. The second-order valence-electron chi connectivity index (χ2n) is 7.86. The number of fused-ring (bicyclic) bond motifs is 1. The molecule has 0 N–H and O–H groups in total. The molecule has 0 aliphatic carbocycles. The van der Waals surface area contributed by atoms with Gasteiger partial charge in [0.2, 0.25) is 5.91 Å². The molecule has 0 saturated heterocycles. The molecule has 1 aliphatic rings. The Hall–Kier alpha value is -2.09. The molecule has 1 heterocycles. The molecule has 23 heavy (non-hydrogen) atoms. The number of rotatable bonds is 1. The van der Waals surface area contributed by atoms with Crippen molar-refractivity contribution in [3.05, 3.63) is 65.2 Å². The van der Waals surface area contributed by atoms with Crippen LogP contribution in [0.25, 0.3) is 0 Å². The van der Waals surface area contributed by atoms with E-state index in [4.69, 9.17) is 0 Å². The molecule has 1 atom stereocenters. The predicted molar refractivity (Wildman–Crippen MR) is 95.9 cm³/mol. The summed E-state index contributed by atoms with van der Waals surface area (Å²) in [5.41, 5.74) is 4.26. The Morgan fingerprint density at radius 3 is 2.26 bits per heavy atom. The van der Waals surface area contributed by atoms with E-state index in [1.54, 1.807) is 0 Å². The Morgan fingerprint density at radius 2 is 1.65 bits per heavy atom. The maximum Gasteiger partial charge on any atom is 0.232 e. The van der Waals surface area contributed by atoms with E-state index in [0.717, 1.165) is 5.69 Å². The molecule has 1 unspecified atom stereocenters. The Kier molecular flexibility index (Phi) is 3.59. The van der Waals surface area contributed by atoms with Crippen LogP contribution < -0.4 is 4.90 Å². The largest absolute Gasteiger partial charge is 0.310 e. The first kappa shape index (κ1) is 15.8. The highest BCUT2D eigenvalue weighted by molar-refractivity contribution is 5.99. The Balaban J connectivity index is 2.11. The van der Waals surface area contributed by atoms with Gasteiger partial charge < -0.3 is 4.90 Å². The number of nitrogens with zero attached hydrogens (tertiary/aromatic N) is 1. The van der Waals surface area contributed by atoms with Crippen LogP contribution in [-0.2, 0) is 10.2 Å². The van der Waals surface area contributed by atoms with Gasteiger partial charge in [-0.15, -0.1) is 0 Å². The van der Waals surface area contributed by atoms with E-state index in [1.807, 2.05) is 31.7 Å². The van der Waals surface area contributed by atoms with E-state index >= 15 is 0 Å². The van der Waals surface area contributed by atoms with Crippen LogP contribution in [0.1, 0.15) is 44.4 Å². The van der Waals surface area contributed by atoms with Crippen molar-refractivity contribution in [2.45, 2.75) is 40.0 Å². The summed E-state index contributed by atoms with van der Waals surface area (Å²) in [6, 6.07) is 17.0. The molecule has 1 aliphatic heterocycles. The van der Waals surface area contributed by atoms with Crippen LogP contribution in [-0.4, -0.2) is 12.5 Å². The molecular weight excluding hydrogens is 282 g/mol. The third kappa shape index (κ3) is 2.56. The minimum absolute atomic E-state index is 0.162. The second-order valence-corrected chi connectivity index (χ2v) is 7.86. The van der Waals surface area contributed by atoms with E-state index in [-0.39, 0.29) is 16.7 Å². The van der Waals surface area contributed by atoms with Crippen LogP contribution in [0.3, 0.4) is 0 Å². The zero-order chi connectivity index (χ0) is 16.8. The van der Waals surface area contributed by atoms with Gasteiger partial charge in [0, 0.05) is 23.1 Å². The smallest absolute Gasteiger partial charge is 0.232 e. The summed E-state index contributed by atoms with van der Waals surface area (Å²) in [5, 5.41) is 0. The molecule has 0 spiro atoms. The Bertz CT molecular complexity index is 739. The fourth-order valence-electron chi connectivity index (χ4n) is 3.42. The lowest BCUT2D eigenvalue weighted by Crippen LogP contribution is -2.41. The first-order valence-corrected chi connectivity index (χ1v) is 8.22. The summed E-state index contributed by atoms with van der Waals surface area (Å²) in [5.74, 6) is 0.181. The third-order valence-corrected chi connectivity index (χ3v) is 4.84. The molecule has 2 aromatic carbocycles. The van der Waals surface area contributed by atoms with Gasteiger partial charge in [-0.05, 0) is 31.0 Å². The van der Waals surface area contributed by atoms with Crippen molar-refractivity contribution in [3.8, 4) is 0 Å². The first-order valence-electron chi connectivity index (χ1n) is 8.22. The lowest BCUT2D eigenvalue weighted by atomic mass is 9.78. The fourth-order valence-corrected chi connectivity index (χ4v) is 3.42. The number of anilines is 1. The SMILES string of the molecule is Cc1ccc(C2(C)CN(C(=O)C(C)(C)C)c3ccccc32)cc1. The Labute approximate surface area is 139 Å². The van der Waals surface area contributed by atoms with Crippen molar-refractivity contribution < 1.29 is 4.79 Å². The van der Waals surface area contributed by atoms with Crippen molar-refractivity contribution in [2.24, 2.45) is 5.41 Å². The maximum atomic E-state index is 12.9. The van der Waals surface area contributed by atoms with Gasteiger partial charge in [-0.1, -0.05) is 68.8 Å². The van der Waals surface area contributed by atoms with Crippen molar-refractivity contribution in [1.29, 1.82) is 0 Å². The molecule has 0 fully saturated rings. The lowest BCUT2D eigenvalue weighted by Gasteiger charge is -2.29. The van der Waals surface area contributed by atoms with Crippen LogP contribution in [0.15, 0.2) is 48.5 Å². The molecule has 120 valence electrons. The molecule has 2 heteroatoms. The van der Waals surface area contributed by atoms with Gasteiger partial charge >= 0.3 is 0 Å². The normalized spacial score (nSPS) is 20.5. The molecule has 0 saturated carbocycles. The minimum Gasteiger partial charge on any atom is -0.310 e. The monoisotopic (exact) mass is 307 g/mol. The fraction of sp³-hybridized carbons (Fsp3) is 0.381. The number of aryl methyl sites for hydroxylation is 1. The number of benzene rings is 2. The highest BCUT2D eigenvalue weighted by atomic mass is 16.2. The van der Waals surface area contributed by atoms with Gasteiger partial charge in [-0.2, -0.15) is 0 Å². The van der Waals surface area contributed by atoms with Crippen LogP contribution in [0.5, 0.6) is 0 Å². The average Bonchev–Trinajstić information content (AvgIpc) is 2.81. The van der Waals surface area contributed by atoms with E-state index in [2.05, 4.69) is 56.3 Å². The highest BCUT2D eigenvalue weighted by Crippen LogP contribution is 2.46. The van der Waals surface area contributed by atoms with Crippen molar-refractivity contribution in [3.63, 3.8) is 0 Å². The molecule has 0 radical (unpaired) electrons. The molecule has 2 nitrogen and oxygen atoms in total. The van der Waals surface area contributed by atoms with Crippen LogP contribution in [0, 0.1) is 12.3 Å². The van der Waals surface area contributed by atoms with Gasteiger partial charge in [-0.3, -0.25) is 4.79 Å². The van der Waals surface area contributed by atoms with E-state index in [0.29, 0.717) is 6.54 Å². The van der Waals surface area contributed by atoms with Gasteiger partial charge in [0.15, 0.2) is 0 Å². The number of para-hydroxylation sites is 1. The van der Waals surface area contributed by atoms with E-state index < -0.39 is 0 Å². The third-order valence-electron chi connectivity index (χ3n) is 4.84. The summed E-state index contributed by atoms with van der Waals surface area (Å²) in [4.78, 5) is 14.9. The van der Waals surface area contributed by atoms with Crippen molar-refractivity contribution in [1.82, 2.24) is 0 Å². The van der Waals surface area contributed by atoms with Crippen molar-refractivity contribution >= 4 is 11.6 Å². The van der Waals surface area contributed by atoms with E-state index in [9.17, 15) is 4.79 Å². The zero-order valence-electron chi connectivity index (χ0n) is 14.7. The number of amides is 1. The zero-order valence-corrected chi connectivity index (χ0v) is 14.7. The quantitative estimate of drug-likeness (QED) is 0.748. The molecule has 0 aromatic heterocycles. The highest BCUT2D eigenvalue weighted by Gasteiger charge is 2.44. The number of hydrogen-bond acceptors (Lipinski definition) is 1. The van der Waals surface area contributed by atoms with Gasteiger partial charge in [-0.25, -0.2) is 0 Å². The van der Waals surface area contributed by atoms with Crippen LogP contribution in [0.4, 0.5) is 5.69 Å². The molecular formula is C21H25NO. The summed E-state index contributed by atoms with van der Waals surface area (Å²) >= 11 is 0. The van der Waals surface area contributed by atoms with Gasteiger partial charge in [0.25, 0.3) is 0 Å². The number of carbonyl (C=O) groups excluding carboxylic acids is 1. The predicted octanol–water partition coefficient (Wildman–Crippen LogP) is 4.69. The van der Waals surface area contributed by atoms with Gasteiger partial charge in [0.1, 0.15) is 0 Å². The lowest BCUT2D eigenvalue weighted by molar-refractivity contribution is -0.125. The molecule has 3 rings (SSSR count). The molecule has 0 bridgehead atoms. The summed E-state index contributed by atoms with van der Waals surface area (Å²) in [6.07, 6.45) is 0. The molecule has 2 aromatic rings. The van der Waals surface area contributed by atoms with Crippen LogP contribution in [0.2, 0.25) is 0 Å². The topological polar surface area (TPSA) is 20.3 Å². The van der Waals surface area contributed by atoms with E-state index in [1.165, 1.54) is 16.7 Å². The summed E-state index contributed by atoms with van der Waals surface area (Å²) in [7, 11) is 0. The summed E-state index contributed by atoms with van der Waals surface area (Å²) < 4.78 is 0. The summed E-state index contributed by atoms with van der Waals surface area (Å²) in [6.45, 7) is 11.0. The number of carbonyl (C=O) groups is 1. The number of hydrogen-bond donors (Lipinski definition) is 0. The van der Waals surface area contributed by atoms with Crippen LogP contribution >= 0.6 is 0 Å². The second kappa shape index (κ2) is 5.23. The maximum absolute atomic E-state index is 12.9. The standard InChI is InChI=1S/C21H25NO/c1-15-10-12-16(13-11-15)21(5)14-22(19(23)20(2,3)4)18-9-7-6-8-17(18)21/h6-13H,14H2,1-5H3. The Morgan fingerprint density at radius 1 is 1.04 bits per heavy atom.